The zero-order valence-corrected chi connectivity index (χ0v) is 10.9. The van der Waals surface area contributed by atoms with Crippen molar-refractivity contribution in [3.63, 3.8) is 0 Å². The van der Waals surface area contributed by atoms with Crippen LogP contribution in [-0.2, 0) is 6.42 Å². The molecule has 0 spiro atoms. The van der Waals surface area contributed by atoms with Crippen molar-refractivity contribution >= 4 is 0 Å². The predicted octanol–water partition coefficient (Wildman–Crippen LogP) is 0.504. The standard InChI is InChI=1S/C14H22N2O2/c1-18-14-4-2-3-12(10-14)9-13(11-17)16-7-5-15-6-8-16/h2-4,10,13,15,17H,5-9,11H2,1H3. The van der Waals surface area contributed by atoms with Gasteiger partial charge in [0.15, 0.2) is 0 Å². The summed E-state index contributed by atoms with van der Waals surface area (Å²) < 4.78 is 5.23. The lowest BCUT2D eigenvalue weighted by Crippen LogP contribution is -2.50. The van der Waals surface area contributed by atoms with E-state index in [1.165, 1.54) is 5.56 Å². The van der Waals surface area contributed by atoms with E-state index in [4.69, 9.17) is 4.74 Å². The van der Waals surface area contributed by atoms with Gasteiger partial charge in [0.2, 0.25) is 0 Å². The molecule has 1 heterocycles. The SMILES string of the molecule is COc1cccc(CC(CO)N2CCNCC2)c1. The summed E-state index contributed by atoms with van der Waals surface area (Å²) in [4.78, 5) is 2.36. The van der Waals surface area contributed by atoms with Gasteiger partial charge >= 0.3 is 0 Å². The minimum absolute atomic E-state index is 0.206. The number of ether oxygens (including phenoxy) is 1. The van der Waals surface area contributed by atoms with E-state index in [0.717, 1.165) is 38.3 Å². The first-order valence-electron chi connectivity index (χ1n) is 6.52. The summed E-state index contributed by atoms with van der Waals surface area (Å²) >= 11 is 0. The quantitative estimate of drug-likeness (QED) is 0.799. The Morgan fingerprint density at radius 2 is 2.17 bits per heavy atom. The average molecular weight is 250 g/mol. The molecule has 1 aliphatic rings. The van der Waals surface area contributed by atoms with Crippen LogP contribution in [0.25, 0.3) is 0 Å². The maximum absolute atomic E-state index is 9.57. The topological polar surface area (TPSA) is 44.7 Å². The summed E-state index contributed by atoms with van der Waals surface area (Å²) in [6.45, 7) is 4.24. The molecule has 0 aromatic heterocycles. The summed E-state index contributed by atoms with van der Waals surface area (Å²) in [5, 5.41) is 12.9. The van der Waals surface area contributed by atoms with Gasteiger partial charge in [0.1, 0.15) is 5.75 Å². The second-order valence-electron chi connectivity index (χ2n) is 4.68. The fraction of sp³-hybridized carbons (Fsp3) is 0.571. The van der Waals surface area contributed by atoms with Crippen molar-refractivity contribution in [3.8, 4) is 5.75 Å². The highest BCUT2D eigenvalue weighted by molar-refractivity contribution is 5.29. The molecule has 0 saturated carbocycles. The van der Waals surface area contributed by atoms with E-state index in [0.29, 0.717) is 0 Å². The van der Waals surface area contributed by atoms with E-state index in [2.05, 4.69) is 16.3 Å². The Kier molecular flexibility index (Phi) is 4.99. The predicted molar refractivity (Wildman–Crippen MR) is 72.0 cm³/mol. The van der Waals surface area contributed by atoms with Crippen LogP contribution in [0.5, 0.6) is 5.75 Å². The van der Waals surface area contributed by atoms with Crippen LogP contribution in [0.2, 0.25) is 0 Å². The second-order valence-corrected chi connectivity index (χ2v) is 4.68. The van der Waals surface area contributed by atoms with Crippen LogP contribution in [0.1, 0.15) is 5.56 Å². The lowest BCUT2D eigenvalue weighted by atomic mass is 10.0. The van der Waals surface area contributed by atoms with Crippen molar-refractivity contribution in [2.75, 3.05) is 39.9 Å². The Hall–Kier alpha value is -1.10. The maximum Gasteiger partial charge on any atom is 0.119 e. The number of nitrogens with one attached hydrogen (secondary N) is 1. The molecule has 4 heteroatoms. The van der Waals surface area contributed by atoms with E-state index < -0.39 is 0 Å². The smallest absolute Gasteiger partial charge is 0.119 e. The molecule has 1 aliphatic heterocycles. The first-order chi connectivity index (χ1) is 8.83. The number of nitrogens with zero attached hydrogens (tertiary/aromatic N) is 1. The van der Waals surface area contributed by atoms with Gasteiger partial charge in [-0.2, -0.15) is 0 Å². The second kappa shape index (κ2) is 6.73. The van der Waals surface area contributed by atoms with E-state index in [1.807, 2.05) is 18.2 Å². The van der Waals surface area contributed by atoms with Gasteiger partial charge in [0.25, 0.3) is 0 Å². The summed E-state index contributed by atoms with van der Waals surface area (Å²) in [6, 6.07) is 8.29. The van der Waals surface area contributed by atoms with Crippen LogP contribution in [0.3, 0.4) is 0 Å². The van der Waals surface area contributed by atoms with E-state index in [1.54, 1.807) is 7.11 Å². The van der Waals surface area contributed by atoms with Gasteiger partial charge in [-0.1, -0.05) is 12.1 Å². The van der Waals surface area contributed by atoms with Crippen molar-refractivity contribution < 1.29 is 9.84 Å². The zero-order chi connectivity index (χ0) is 12.8. The average Bonchev–Trinajstić information content (AvgIpc) is 2.46. The molecule has 1 fully saturated rings. The third-order valence-corrected chi connectivity index (χ3v) is 3.48. The van der Waals surface area contributed by atoms with Gasteiger partial charge in [-0.15, -0.1) is 0 Å². The van der Waals surface area contributed by atoms with Crippen molar-refractivity contribution in [1.82, 2.24) is 10.2 Å². The minimum Gasteiger partial charge on any atom is -0.497 e. The lowest BCUT2D eigenvalue weighted by Gasteiger charge is -2.34. The molecule has 1 saturated heterocycles. The number of benzene rings is 1. The van der Waals surface area contributed by atoms with Gasteiger partial charge in [0.05, 0.1) is 13.7 Å². The highest BCUT2D eigenvalue weighted by atomic mass is 16.5. The fourth-order valence-electron chi connectivity index (χ4n) is 2.43. The Labute approximate surface area is 109 Å². The molecule has 1 aromatic carbocycles. The molecule has 1 unspecified atom stereocenters. The van der Waals surface area contributed by atoms with Crippen LogP contribution < -0.4 is 10.1 Å². The Bertz CT molecular complexity index is 365. The molecular weight excluding hydrogens is 228 g/mol. The molecule has 18 heavy (non-hydrogen) atoms. The molecular formula is C14H22N2O2. The summed E-state index contributed by atoms with van der Waals surface area (Å²) in [5.74, 6) is 0.879. The molecule has 0 radical (unpaired) electrons. The Balaban J connectivity index is 1.99. The number of rotatable bonds is 5. The highest BCUT2D eigenvalue weighted by Gasteiger charge is 2.20. The lowest BCUT2D eigenvalue weighted by molar-refractivity contribution is 0.110. The van der Waals surface area contributed by atoms with Crippen molar-refractivity contribution in [1.29, 1.82) is 0 Å². The molecule has 4 nitrogen and oxygen atoms in total. The third-order valence-electron chi connectivity index (χ3n) is 3.48. The number of aliphatic hydroxyl groups excluding tert-OH is 1. The zero-order valence-electron chi connectivity index (χ0n) is 10.9. The highest BCUT2D eigenvalue weighted by Crippen LogP contribution is 2.16. The molecule has 100 valence electrons. The largest absolute Gasteiger partial charge is 0.497 e. The van der Waals surface area contributed by atoms with Gasteiger partial charge in [-0.25, -0.2) is 0 Å². The number of aliphatic hydroxyl groups is 1. The van der Waals surface area contributed by atoms with Crippen molar-refractivity contribution in [2.24, 2.45) is 0 Å². The molecule has 0 bridgehead atoms. The van der Waals surface area contributed by atoms with Crippen molar-refractivity contribution in [3.05, 3.63) is 29.8 Å². The van der Waals surface area contributed by atoms with Gasteiger partial charge in [-0.3, -0.25) is 4.90 Å². The number of methoxy groups -OCH3 is 1. The molecule has 1 aromatic rings. The first-order valence-corrected chi connectivity index (χ1v) is 6.52. The number of hydrogen-bond acceptors (Lipinski definition) is 4. The third kappa shape index (κ3) is 3.45. The molecule has 0 amide bonds. The van der Waals surface area contributed by atoms with E-state index >= 15 is 0 Å². The number of hydrogen-bond donors (Lipinski definition) is 2. The van der Waals surface area contributed by atoms with Gasteiger partial charge in [-0.05, 0) is 24.1 Å². The van der Waals surface area contributed by atoms with Crippen LogP contribution in [0.15, 0.2) is 24.3 Å². The van der Waals surface area contributed by atoms with Crippen LogP contribution in [0, 0.1) is 0 Å². The Morgan fingerprint density at radius 1 is 1.39 bits per heavy atom. The monoisotopic (exact) mass is 250 g/mol. The summed E-state index contributed by atoms with van der Waals surface area (Å²) in [7, 11) is 1.68. The first kappa shape index (κ1) is 13.3. The maximum atomic E-state index is 9.57. The minimum atomic E-state index is 0.206. The normalized spacial score (nSPS) is 18.6. The number of piperazine rings is 1. The molecule has 1 atom stereocenters. The van der Waals surface area contributed by atoms with Crippen LogP contribution >= 0.6 is 0 Å². The summed E-state index contributed by atoms with van der Waals surface area (Å²) in [5.41, 5.74) is 1.21. The molecule has 0 aliphatic carbocycles. The Morgan fingerprint density at radius 3 is 2.83 bits per heavy atom. The molecule has 2 N–H and O–H groups in total. The van der Waals surface area contributed by atoms with Crippen LogP contribution in [0.4, 0.5) is 0 Å². The summed E-state index contributed by atoms with van der Waals surface area (Å²) in [6.07, 6.45) is 0.869. The molecule has 2 rings (SSSR count). The van der Waals surface area contributed by atoms with Crippen LogP contribution in [-0.4, -0.2) is 55.9 Å². The van der Waals surface area contributed by atoms with Gasteiger partial charge < -0.3 is 15.2 Å². The van der Waals surface area contributed by atoms with Crippen molar-refractivity contribution in [2.45, 2.75) is 12.5 Å². The van der Waals surface area contributed by atoms with E-state index in [-0.39, 0.29) is 12.6 Å². The van der Waals surface area contributed by atoms with Gasteiger partial charge in [0, 0.05) is 32.2 Å². The van der Waals surface area contributed by atoms with E-state index in [9.17, 15) is 5.11 Å². The fourth-order valence-corrected chi connectivity index (χ4v) is 2.43.